The number of nitrogens with zero attached hydrogens (tertiary/aromatic N) is 2. The summed E-state index contributed by atoms with van der Waals surface area (Å²) in [5.41, 5.74) is 2.94. The molecule has 2 rings (SSSR count). The molecule has 192 valence electrons. The molecule has 0 spiro atoms. The normalized spacial score (nSPS) is 12.1. The third kappa shape index (κ3) is 7.71. The molecule has 1 unspecified atom stereocenters. The third-order valence-electron chi connectivity index (χ3n) is 6.03. The van der Waals surface area contributed by atoms with Gasteiger partial charge in [-0.15, -0.1) is 0 Å². The molecule has 0 saturated heterocycles. The Balaban J connectivity index is 2.38. The SMILES string of the molecule is CCCCNC(=O)C(C)N(Cc1ccc(OC)cc1)C(=O)CN(c1cccc(C)c1C)S(C)(=O)=O. The predicted octanol–water partition coefficient (Wildman–Crippen LogP) is 3.41. The maximum absolute atomic E-state index is 13.6. The average Bonchev–Trinajstić information content (AvgIpc) is 2.82. The molecule has 9 heteroatoms. The molecule has 1 atom stereocenters. The number of unbranched alkanes of at least 4 members (excludes halogenated alkanes) is 1. The van der Waals surface area contributed by atoms with Crippen LogP contribution in [0, 0.1) is 13.8 Å². The molecule has 0 aromatic heterocycles. The Labute approximate surface area is 209 Å². The van der Waals surface area contributed by atoms with Crippen LogP contribution in [0.1, 0.15) is 43.4 Å². The number of anilines is 1. The van der Waals surface area contributed by atoms with Crippen LogP contribution < -0.4 is 14.4 Å². The lowest BCUT2D eigenvalue weighted by atomic mass is 10.1. The van der Waals surface area contributed by atoms with E-state index in [0.29, 0.717) is 18.0 Å². The van der Waals surface area contributed by atoms with Gasteiger partial charge < -0.3 is 15.0 Å². The summed E-state index contributed by atoms with van der Waals surface area (Å²) in [6, 6.07) is 11.7. The zero-order chi connectivity index (χ0) is 26.2. The number of ether oxygens (including phenoxy) is 1. The highest BCUT2D eigenvalue weighted by Gasteiger charge is 2.30. The van der Waals surface area contributed by atoms with Crippen LogP contribution in [0.15, 0.2) is 42.5 Å². The van der Waals surface area contributed by atoms with Crippen molar-refractivity contribution in [1.82, 2.24) is 10.2 Å². The van der Waals surface area contributed by atoms with Crippen LogP contribution in [0.2, 0.25) is 0 Å². The van der Waals surface area contributed by atoms with E-state index in [1.165, 1.54) is 4.90 Å². The second-order valence-electron chi connectivity index (χ2n) is 8.68. The van der Waals surface area contributed by atoms with Crippen molar-refractivity contribution in [1.29, 1.82) is 0 Å². The Bertz CT molecular complexity index is 1120. The topological polar surface area (TPSA) is 96.0 Å². The van der Waals surface area contributed by atoms with E-state index in [9.17, 15) is 18.0 Å². The van der Waals surface area contributed by atoms with Crippen molar-refractivity contribution < 1.29 is 22.7 Å². The lowest BCUT2D eigenvalue weighted by molar-refractivity contribution is -0.139. The molecule has 2 aromatic rings. The van der Waals surface area contributed by atoms with Gasteiger partial charge in [-0.3, -0.25) is 13.9 Å². The van der Waals surface area contributed by atoms with Crippen molar-refractivity contribution in [2.45, 2.75) is 53.1 Å². The molecule has 35 heavy (non-hydrogen) atoms. The van der Waals surface area contributed by atoms with Gasteiger partial charge in [0.2, 0.25) is 21.8 Å². The first kappa shape index (κ1) is 28.2. The van der Waals surface area contributed by atoms with Crippen molar-refractivity contribution in [2.75, 3.05) is 30.8 Å². The third-order valence-corrected chi connectivity index (χ3v) is 7.16. The number of aryl methyl sites for hydroxylation is 1. The van der Waals surface area contributed by atoms with E-state index in [2.05, 4.69) is 5.32 Å². The standard InChI is InChI=1S/C26H37N3O5S/c1-7-8-16-27-26(31)21(4)28(17-22-12-14-23(34-5)15-13-22)25(30)18-29(35(6,32)33)24-11-9-10-19(2)20(24)3/h9-15,21H,7-8,16-18H2,1-6H3,(H,27,31). The fraction of sp³-hybridized carbons (Fsp3) is 0.462. The van der Waals surface area contributed by atoms with Gasteiger partial charge in [-0.2, -0.15) is 0 Å². The van der Waals surface area contributed by atoms with Gasteiger partial charge in [0.25, 0.3) is 0 Å². The summed E-state index contributed by atoms with van der Waals surface area (Å²) in [4.78, 5) is 27.9. The molecule has 0 aliphatic heterocycles. The Hall–Kier alpha value is -3.07. The number of benzene rings is 2. The fourth-order valence-corrected chi connectivity index (χ4v) is 4.55. The Morgan fingerprint density at radius 1 is 1.09 bits per heavy atom. The second-order valence-corrected chi connectivity index (χ2v) is 10.6. The molecule has 0 aliphatic rings. The second kappa shape index (κ2) is 12.6. The number of hydrogen-bond donors (Lipinski definition) is 1. The van der Waals surface area contributed by atoms with Crippen molar-refractivity contribution in [3.8, 4) is 5.75 Å². The predicted molar refractivity (Wildman–Crippen MR) is 139 cm³/mol. The molecule has 1 N–H and O–H groups in total. The van der Waals surface area contributed by atoms with E-state index in [1.54, 1.807) is 38.3 Å². The van der Waals surface area contributed by atoms with Gasteiger partial charge in [0.05, 0.1) is 19.1 Å². The quantitative estimate of drug-likeness (QED) is 0.448. The molecular weight excluding hydrogens is 466 g/mol. The van der Waals surface area contributed by atoms with Crippen molar-refractivity contribution >= 4 is 27.5 Å². The average molecular weight is 504 g/mol. The van der Waals surface area contributed by atoms with Crippen molar-refractivity contribution in [3.63, 3.8) is 0 Å². The van der Waals surface area contributed by atoms with Crippen molar-refractivity contribution in [3.05, 3.63) is 59.2 Å². The number of amides is 2. The van der Waals surface area contributed by atoms with Gasteiger partial charge in [0.15, 0.2) is 0 Å². The van der Waals surface area contributed by atoms with Crippen molar-refractivity contribution in [2.24, 2.45) is 0 Å². The Morgan fingerprint density at radius 3 is 2.31 bits per heavy atom. The van der Waals surface area contributed by atoms with Crippen LogP contribution in [0.5, 0.6) is 5.75 Å². The molecule has 0 bridgehead atoms. The Morgan fingerprint density at radius 2 is 1.74 bits per heavy atom. The summed E-state index contributed by atoms with van der Waals surface area (Å²) < 4.78 is 31.8. The summed E-state index contributed by atoms with van der Waals surface area (Å²) >= 11 is 0. The number of carbonyl (C=O) groups is 2. The number of nitrogens with one attached hydrogen (secondary N) is 1. The number of sulfonamides is 1. The molecule has 0 heterocycles. The first-order valence-corrected chi connectivity index (χ1v) is 13.6. The highest BCUT2D eigenvalue weighted by molar-refractivity contribution is 7.92. The van der Waals surface area contributed by atoms with Crippen LogP contribution in [0.4, 0.5) is 5.69 Å². The summed E-state index contributed by atoms with van der Waals surface area (Å²) in [6.07, 6.45) is 2.85. The molecule has 0 saturated carbocycles. The van der Waals surface area contributed by atoms with Gasteiger partial charge in [-0.1, -0.05) is 37.6 Å². The largest absolute Gasteiger partial charge is 0.497 e. The van der Waals surface area contributed by atoms with Crippen LogP contribution in [0.3, 0.4) is 0 Å². The lowest BCUT2D eigenvalue weighted by Crippen LogP contribution is -2.51. The van der Waals surface area contributed by atoms with Crippen LogP contribution in [-0.2, 0) is 26.2 Å². The monoisotopic (exact) mass is 503 g/mol. The highest BCUT2D eigenvalue weighted by Crippen LogP contribution is 2.25. The fourth-order valence-electron chi connectivity index (χ4n) is 3.65. The summed E-state index contributed by atoms with van der Waals surface area (Å²) in [6.45, 7) is 7.66. The molecule has 0 fully saturated rings. The minimum absolute atomic E-state index is 0.148. The van der Waals surface area contributed by atoms with Gasteiger partial charge in [0, 0.05) is 13.1 Å². The maximum Gasteiger partial charge on any atom is 0.244 e. The van der Waals surface area contributed by atoms with E-state index in [-0.39, 0.29) is 12.5 Å². The van der Waals surface area contributed by atoms with E-state index < -0.39 is 28.5 Å². The van der Waals surface area contributed by atoms with Crippen LogP contribution in [-0.4, -0.2) is 57.6 Å². The first-order valence-electron chi connectivity index (χ1n) is 11.7. The highest BCUT2D eigenvalue weighted by atomic mass is 32.2. The number of rotatable bonds is 12. The van der Waals surface area contributed by atoms with E-state index >= 15 is 0 Å². The molecule has 2 aromatic carbocycles. The van der Waals surface area contributed by atoms with Crippen LogP contribution in [0.25, 0.3) is 0 Å². The number of hydrogen-bond acceptors (Lipinski definition) is 5. The van der Waals surface area contributed by atoms with E-state index in [0.717, 1.165) is 40.1 Å². The molecule has 0 radical (unpaired) electrons. The minimum Gasteiger partial charge on any atom is -0.497 e. The van der Waals surface area contributed by atoms with Gasteiger partial charge in [-0.05, 0) is 62.1 Å². The van der Waals surface area contributed by atoms with Gasteiger partial charge >= 0.3 is 0 Å². The summed E-state index contributed by atoms with van der Waals surface area (Å²) in [5, 5.41) is 2.87. The van der Waals surface area contributed by atoms with E-state index in [4.69, 9.17) is 4.74 Å². The number of methoxy groups -OCH3 is 1. The molecule has 2 amide bonds. The maximum atomic E-state index is 13.6. The summed E-state index contributed by atoms with van der Waals surface area (Å²) in [7, 11) is -2.19. The molecule has 0 aliphatic carbocycles. The molecule has 8 nitrogen and oxygen atoms in total. The zero-order valence-corrected chi connectivity index (χ0v) is 22.3. The zero-order valence-electron chi connectivity index (χ0n) is 21.5. The lowest BCUT2D eigenvalue weighted by Gasteiger charge is -2.32. The summed E-state index contributed by atoms with van der Waals surface area (Å²) in [5.74, 6) is -0.0709. The number of carbonyl (C=O) groups excluding carboxylic acids is 2. The van der Waals surface area contributed by atoms with E-state index in [1.807, 2.05) is 39.0 Å². The van der Waals surface area contributed by atoms with Crippen LogP contribution >= 0.6 is 0 Å². The Kier molecular flexibility index (Phi) is 10.1. The van der Waals surface area contributed by atoms with Gasteiger partial charge in [-0.25, -0.2) is 8.42 Å². The van der Waals surface area contributed by atoms with Gasteiger partial charge in [0.1, 0.15) is 18.3 Å². The first-order chi connectivity index (χ1) is 16.5. The minimum atomic E-state index is -3.76. The smallest absolute Gasteiger partial charge is 0.244 e. The molecular formula is C26H37N3O5S.